The molecule has 21 heavy (non-hydrogen) atoms. The minimum absolute atomic E-state index is 0.259. The predicted molar refractivity (Wildman–Crippen MR) is 80.5 cm³/mol. The van der Waals surface area contributed by atoms with E-state index in [1.165, 1.54) is 18.1 Å². The van der Waals surface area contributed by atoms with Crippen molar-refractivity contribution in [3.8, 4) is 5.69 Å². The number of aromatic nitrogens is 4. The maximum absolute atomic E-state index is 9.44. The summed E-state index contributed by atoms with van der Waals surface area (Å²) in [6, 6.07) is 9.74. The number of fused-ring (bicyclic) bond motifs is 1. The Labute approximate surface area is 125 Å². The molecule has 0 bridgehead atoms. The summed E-state index contributed by atoms with van der Waals surface area (Å²) in [5.74, 6) is 0.374. The first-order valence-electron chi connectivity index (χ1n) is 6.45. The maximum atomic E-state index is 9.44. The summed E-state index contributed by atoms with van der Waals surface area (Å²) >= 11 is 1.38. The van der Waals surface area contributed by atoms with Crippen LogP contribution in [0.5, 0.6) is 0 Å². The molecule has 0 aliphatic rings. The van der Waals surface area contributed by atoms with Crippen LogP contribution in [0.3, 0.4) is 0 Å². The lowest BCUT2D eigenvalue weighted by molar-refractivity contribution is 0.113. The summed E-state index contributed by atoms with van der Waals surface area (Å²) in [4.78, 5) is 8.52. The van der Waals surface area contributed by atoms with Crippen LogP contribution in [0.15, 0.2) is 47.9 Å². The molecule has 0 fully saturated rings. The van der Waals surface area contributed by atoms with E-state index in [0.29, 0.717) is 5.75 Å². The molecule has 3 aromatic rings. The number of nitrogens with zero attached hydrogens (tertiary/aromatic N) is 4. The van der Waals surface area contributed by atoms with Crippen molar-refractivity contribution < 1.29 is 10.2 Å². The highest BCUT2D eigenvalue weighted by molar-refractivity contribution is 7.99. The minimum Gasteiger partial charge on any atom is -0.394 e. The topological polar surface area (TPSA) is 84.1 Å². The van der Waals surface area contributed by atoms with Crippen molar-refractivity contribution in [1.82, 2.24) is 19.7 Å². The SMILES string of the molecule is OCC(O)CSc1ncnc2c1cnn2-c1ccccc1. The molecule has 2 heterocycles. The number of hydrogen-bond donors (Lipinski definition) is 2. The van der Waals surface area contributed by atoms with Gasteiger partial charge in [-0.15, -0.1) is 11.8 Å². The van der Waals surface area contributed by atoms with Gasteiger partial charge in [-0.1, -0.05) is 18.2 Å². The van der Waals surface area contributed by atoms with Crippen LogP contribution in [0.2, 0.25) is 0 Å². The van der Waals surface area contributed by atoms with E-state index in [-0.39, 0.29) is 6.61 Å². The van der Waals surface area contributed by atoms with E-state index in [2.05, 4.69) is 15.1 Å². The van der Waals surface area contributed by atoms with Gasteiger partial charge < -0.3 is 10.2 Å². The van der Waals surface area contributed by atoms with Gasteiger partial charge in [0.2, 0.25) is 0 Å². The Morgan fingerprint density at radius 1 is 1.19 bits per heavy atom. The first-order chi connectivity index (χ1) is 10.3. The van der Waals surface area contributed by atoms with Gasteiger partial charge in [0.25, 0.3) is 0 Å². The molecular formula is C14H14N4O2S. The van der Waals surface area contributed by atoms with E-state index in [1.807, 2.05) is 30.3 Å². The molecule has 1 unspecified atom stereocenters. The number of thioether (sulfide) groups is 1. The molecular weight excluding hydrogens is 288 g/mol. The molecule has 0 saturated heterocycles. The summed E-state index contributed by atoms with van der Waals surface area (Å²) in [5, 5.41) is 24.2. The van der Waals surface area contributed by atoms with E-state index in [0.717, 1.165) is 21.7 Å². The lowest BCUT2D eigenvalue weighted by Crippen LogP contribution is -2.14. The van der Waals surface area contributed by atoms with Gasteiger partial charge in [-0.2, -0.15) is 5.10 Å². The molecule has 0 spiro atoms. The van der Waals surface area contributed by atoms with E-state index in [9.17, 15) is 5.11 Å². The fourth-order valence-corrected chi connectivity index (χ4v) is 2.80. The average molecular weight is 302 g/mol. The maximum Gasteiger partial charge on any atom is 0.167 e. The second-order valence-corrected chi connectivity index (χ2v) is 5.46. The second kappa shape index (κ2) is 6.21. The van der Waals surface area contributed by atoms with Crippen molar-refractivity contribution >= 4 is 22.8 Å². The highest BCUT2D eigenvalue weighted by atomic mass is 32.2. The molecule has 0 radical (unpaired) electrons. The average Bonchev–Trinajstić information content (AvgIpc) is 2.98. The smallest absolute Gasteiger partial charge is 0.167 e. The van der Waals surface area contributed by atoms with Crippen LogP contribution in [-0.2, 0) is 0 Å². The number of hydrogen-bond acceptors (Lipinski definition) is 6. The monoisotopic (exact) mass is 302 g/mol. The molecule has 0 saturated carbocycles. The second-order valence-electron chi connectivity index (χ2n) is 4.46. The van der Waals surface area contributed by atoms with Crippen molar-refractivity contribution in [2.75, 3.05) is 12.4 Å². The Hall–Kier alpha value is -1.96. The lowest BCUT2D eigenvalue weighted by atomic mass is 10.3. The summed E-state index contributed by atoms with van der Waals surface area (Å²) in [6.07, 6.45) is 2.44. The third-order valence-electron chi connectivity index (χ3n) is 2.95. The predicted octanol–water partition coefficient (Wildman–Crippen LogP) is 1.26. The quantitative estimate of drug-likeness (QED) is 0.545. The van der Waals surface area contributed by atoms with Crippen molar-refractivity contribution in [2.24, 2.45) is 0 Å². The largest absolute Gasteiger partial charge is 0.394 e. The molecule has 0 aliphatic heterocycles. The van der Waals surface area contributed by atoms with Gasteiger partial charge in [0, 0.05) is 5.75 Å². The van der Waals surface area contributed by atoms with Crippen molar-refractivity contribution in [1.29, 1.82) is 0 Å². The Balaban J connectivity index is 1.97. The van der Waals surface area contributed by atoms with Crippen molar-refractivity contribution in [2.45, 2.75) is 11.1 Å². The minimum atomic E-state index is -0.760. The summed E-state index contributed by atoms with van der Waals surface area (Å²) < 4.78 is 1.75. The van der Waals surface area contributed by atoms with E-state index < -0.39 is 6.10 Å². The molecule has 1 aromatic carbocycles. The molecule has 2 aromatic heterocycles. The third kappa shape index (κ3) is 2.90. The van der Waals surface area contributed by atoms with Crippen LogP contribution >= 0.6 is 11.8 Å². The van der Waals surface area contributed by atoms with Gasteiger partial charge in [-0.3, -0.25) is 0 Å². The highest BCUT2D eigenvalue weighted by Crippen LogP contribution is 2.26. The third-order valence-corrected chi connectivity index (χ3v) is 4.10. The zero-order chi connectivity index (χ0) is 14.7. The van der Waals surface area contributed by atoms with Crippen LogP contribution in [0, 0.1) is 0 Å². The van der Waals surface area contributed by atoms with Gasteiger partial charge >= 0.3 is 0 Å². The Bertz CT molecular complexity index is 732. The van der Waals surface area contributed by atoms with E-state index in [4.69, 9.17) is 5.11 Å². The van der Waals surface area contributed by atoms with Gasteiger partial charge in [-0.25, -0.2) is 14.6 Å². The van der Waals surface area contributed by atoms with E-state index >= 15 is 0 Å². The van der Waals surface area contributed by atoms with Gasteiger partial charge in [0.1, 0.15) is 11.4 Å². The molecule has 3 rings (SSSR count). The summed E-state index contributed by atoms with van der Waals surface area (Å²) in [6.45, 7) is -0.259. The number of rotatable bonds is 5. The number of benzene rings is 1. The van der Waals surface area contributed by atoms with Crippen LogP contribution < -0.4 is 0 Å². The van der Waals surface area contributed by atoms with Crippen LogP contribution in [-0.4, -0.2) is 48.4 Å². The molecule has 7 heteroatoms. The van der Waals surface area contributed by atoms with Gasteiger partial charge in [0.15, 0.2) is 5.65 Å². The molecule has 1 atom stereocenters. The summed E-state index contributed by atoms with van der Waals surface area (Å²) in [7, 11) is 0. The molecule has 108 valence electrons. The lowest BCUT2D eigenvalue weighted by Gasteiger charge is -2.06. The highest BCUT2D eigenvalue weighted by Gasteiger charge is 2.12. The van der Waals surface area contributed by atoms with Crippen LogP contribution in [0.1, 0.15) is 0 Å². The van der Waals surface area contributed by atoms with Crippen molar-refractivity contribution in [3.63, 3.8) is 0 Å². The van der Waals surface area contributed by atoms with Crippen LogP contribution in [0.4, 0.5) is 0 Å². The number of aliphatic hydroxyl groups excluding tert-OH is 2. The molecule has 6 nitrogen and oxygen atoms in total. The first kappa shape index (κ1) is 14.0. The standard InChI is InChI=1S/C14H14N4O2S/c19-7-11(20)8-21-14-12-6-17-18(13(12)15-9-16-14)10-4-2-1-3-5-10/h1-6,9,11,19-20H,7-8H2. The van der Waals surface area contributed by atoms with Gasteiger partial charge in [0.05, 0.1) is 30.0 Å². The van der Waals surface area contributed by atoms with E-state index in [1.54, 1.807) is 10.9 Å². The fourth-order valence-electron chi connectivity index (χ4n) is 1.92. The zero-order valence-corrected chi connectivity index (χ0v) is 11.9. The van der Waals surface area contributed by atoms with Crippen molar-refractivity contribution in [3.05, 3.63) is 42.9 Å². The Kier molecular flexibility index (Phi) is 4.14. The fraction of sp³-hybridized carbons (Fsp3) is 0.214. The normalized spacial score (nSPS) is 12.7. The van der Waals surface area contributed by atoms with Crippen LogP contribution in [0.25, 0.3) is 16.7 Å². The zero-order valence-electron chi connectivity index (χ0n) is 11.1. The molecule has 2 N–H and O–H groups in total. The Morgan fingerprint density at radius 2 is 2.00 bits per heavy atom. The van der Waals surface area contributed by atoms with Gasteiger partial charge in [-0.05, 0) is 12.1 Å². The number of para-hydroxylation sites is 1. The summed E-state index contributed by atoms with van der Waals surface area (Å²) in [5.41, 5.74) is 1.65. The number of aliphatic hydroxyl groups is 2. The first-order valence-corrected chi connectivity index (χ1v) is 7.44. The Morgan fingerprint density at radius 3 is 2.76 bits per heavy atom. The molecule has 0 amide bonds. The molecule has 0 aliphatic carbocycles.